The molecular formula is C22H24N2O6. The van der Waals surface area contributed by atoms with Crippen molar-refractivity contribution in [3.8, 4) is 11.5 Å². The second-order valence-corrected chi connectivity index (χ2v) is 6.95. The maximum atomic E-state index is 12.4. The number of ether oxygens (including phenoxy) is 3. The summed E-state index contributed by atoms with van der Waals surface area (Å²) in [6.07, 6.45) is 0.818. The highest BCUT2D eigenvalue weighted by atomic mass is 16.5. The Labute approximate surface area is 174 Å². The summed E-state index contributed by atoms with van der Waals surface area (Å²) in [5.41, 5.74) is 1.38. The predicted octanol–water partition coefficient (Wildman–Crippen LogP) is 3.24. The molecule has 8 nitrogen and oxygen atoms in total. The van der Waals surface area contributed by atoms with Gasteiger partial charge in [0.1, 0.15) is 0 Å². The van der Waals surface area contributed by atoms with E-state index >= 15 is 0 Å². The fraction of sp³-hybridized carbons (Fsp3) is 0.318. The van der Waals surface area contributed by atoms with Gasteiger partial charge in [0.2, 0.25) is 5.91 Å². The van der Waals surface area contributed by atoms with Gasteiger partial charge in [-0.1, -0.05) is 0 Å². The number of esters is 1. The number of amides is 2. The summed E-state index contributed by atoms with van der Waals surface area (Å²) in [6, 6.07) is 11.3. The van der Waals surface area contributed by atoms with Gasteiger partial charge in [-0.25, -0.2) is 4.79 Å². The largest absolute Gasteiger partial charge is 0.493 e. The zero-order valence-corrected chi connectivity index (χ0v) is 17.1. The van der Waals surface area contributed by atoms with Crippen LogP contribution in [0.15, 0.2) is 42.5 Å². The second-order valence-electron chi connectivity index (χ2n) is 6.95. The monoisotopic (exact) mass is 412 g/mol. The average Bonchev–Trinajstić information content (AvgIpc) is 3.59. The van der Waals surface area contributed by atoms with Crippen LogP contribution in [0.4, 0.5) is 11.4 Å². The van der Waals surface area contributed by atoms with Gasteiger partial charge in [-0.15, -0.1) is 0 Å². The summed E-state index contributed by atoms with van der Waals surface area (Å²) in [5, 5.41) is 5.47. The second kappa shape index (κ2) is 9.30. The number of methoxy groups -OCH3 is 2. The average molecular weight is 412 g/mol. The van der Waals surface area contributed by atoms with Gasteiger partial charge in [0.25, 0.3) is 5.91 Å². The lowest BCUT2D eigenvalue weighted by Crippen LogP contribution is -2.30. The molecule has 0 aliphatic heterocycles. The lowest BCUT2D eigenvalue weighted by Gasteiger charge is -2.15. The van der Waals surface area contributed by atoms with Crippen LogP contribution < -0.4 is 20.1 Å². The molecule has 2 amide bonds. The molecule has 2 aromatic carbocycles. The zero-order chi connectivity index (χ0) is 21.7. The highest BCUT2D eigenvalue weighted by Crippen LogP contribution is 2.30. The molecule has 0 saturated heterocycles. The molecule has 0 spiro atoms. The van der Waals surface area contributed by atoms with Gasteiger partial charge in [-0.05, 0) is 56.2 Å². The van der Waals surface area contributed by atoms with E-state index in [-0.39, 0.29) is 17.4 Å². The van der Waals surface area contributed by atoms with Crippen molar-refractivity contribution < 1.29 is 28.6 Å². The maximum Gasteiger partial charge on any atom is 0.338 e. The Bertz CT molecular complexity index is 937. The third-order valence-electron chi connectivity index (χ3n) is 4.64. The molecule has 2 N–H and O–H groups in total. The molecule has 0 radical (unpaired) electrons. The first kappa shape index (κ1) is 21.2. The summed E-state index contributed by atoms with van der Waals surface area (Å²) in [7, 11) is 3.02. The Kier molecular flexibility index (Phi) is 6.56. The molecule has 1 saturated carbocycles. The van der Waals surface area contributed by atoms with Gasteiger partial charge in [0.05, 0.1) is 19.8 Å². The summed E-state index contributed by atoms with van der Waals surface area (Å²) < 4.78 is 15.6. The summed E-state index contributed by atoms with van der Waals surface area (Å²) in [5.74, 6) is -0.0278. The molecule has 158 valence electrons. The lowest BCUT2D eigenvalue weighted by molar-refractivity contribution is -0.123. The third kappa shape index (κ3) is 5.28. The molecule has 8 heteroatoms. The minimum absolute atomic E-state index is 0.00853. The van der Waals surface area contributed by atoms with E-state index in [0.29, 0.717) is 22.9 Å². The molecule has 0 bridgehead atoms. The van der Waals surface area contributed by atoms with Gasteiger partial charge >= 0.3 is 5.97 Å². The molecular weight excluding hydrogens is 388 g/mol. The van der Waals surface area contributed by atoms with E-state index in [1.807, 2.05) is 0 Å². The number of hydrogen-bond donors (Lipinski definition) is 2. The van der Waals surface area contributed by atoms with E-state index in [4.69, 9.17) is 14.2 Å². The van der Waals surface area contributed by atoms with E-state index in [2.05, 4.69) is 10.6 Å². The van der Waals surface area contributed by atoms with Crippen LogP contribution in [0.2, 0.25) is 0 Å². The molecule has 1 aliphatic rings. The lowest BCUT2D eigenvalue weighted by atomic mass is 10.2. The van der Waals surface area contributed by atoms with E-state index in [9.17, 15) is 14.4 Å². The number of anilines is 2. The highest BCUT2D eigenvalue weighted by Gasteiger charge is 2.29. The standard InChI is InChI=1S/C22H24N2O6/c1-13(20(25)24-17-10-11-18(28-2)19(12-17)29-3)30-22(27)15-6-8-16(9-7-15)23-21(26)14-4-5-14/h6-14H,4-5H2,1-3H3,(H,23,26)(H,24,25). The molecule has 0 heterocycles. The Hall–Kier alpha value is -3.55. The summed E-state index contributed by atoms with van der Waals surface area (Å²) in [6.45, 7) is 1.48. The fourth-order valence-electron chi connectivity index (χ4n) is 2.72. The van der Waals surface area contributed by atoms with Crippen molar-refractivity contribution >= 4 is 29.2 Å². The fourth-order valence-corrected chi connectivity index (χ4v) is 2.72. The smallest absolute Gasteiger partial charge is 0.338 e. The first-order valence-corrected chi connectivity index (χ1v) is 9.56. The number of carbonyl (C=O) groups is 3. The summed E-state index contributed by atoms with van der Waals surface area (Å²) >= 11 is 0. The molecule has 2 aromatic rings. The van der Waals surface area contributed by atoms with Crippen LogP contribution in [-0.4, -0.2) is 38.1 Å². The van der Waals surface area contributed by atoms with Crippen molar-refractivity contribution in [3.63, 3.8) is 0 Å². The molecule has 30 heavy (non-hydrogen) atoms. The van der Waals surface area contributed by atoms with Crippen LogP contribution >= 0.6 is 0 Å². The van der Waals surface area contributed by atoms with Gasteiger partial charge in [0.15, 0.2) is 17.6 Å². The molecule has 1 fully saturated rings. The van der Waals surface area contributed by atoms with E-state index in [1.165, 1.54) is 21.1 Å². The van der Waals surface area contributed by atoms with Crippen LogP contribution in [0, 0.1) is 5.92 Å². The summed E-state index contributed by atoms with van der Waals surface area (Å²) in [4.78, 5) is 36.5. The number of rotatable bonds is 8. The van der Waals surface area contributed by atoms with Gasteiger partial charge in [-0.3, -0.25) is 9.59 Å². The Morgan fingerprint density at radius 3 is 2.13 bits per heavy atom. The first-order valence-electron chi connectivity index (χ1n) is 9.56. The van der Waals surface area contributed by atoms with Crippen molar-refractivity contribution in [1.82, 2.24) is 0 Å². The maximum absolute atomic E-state index is 12.4. The topological polar surface area (TPSA) is 103 Å². The van der Waals surface area contributed by atoms with Crippen molar-refractivity contribution in [3.05, 3.63) is 48.0 Å². The first-order chi connectivity index (χ1) is 14.4. The molecule has 1 aliphatic carbocycles. The zero-order valence-electron chi connectivity index (χ0n) is 17.1. The highest BCUT2D eigenvalue weighted by molar-refractivity contribution is 5.98. The Morgan fingerprint density at radius 2 is 1.53 bits per heavy atom. The van der Waals surface area contributed by atoms with Gasteiger partial charge in [0, 0.05) is 23.4 Å². The Balaban J connectivity index is 1.55. The van der Waals surface area contributed by atoms with E-state index in [0.717, 1.165) is 12.8 Å². The predicted molar refractivity (Wildman–Crippen MR) is 111 cm³/mol. The van der Waals surface area contributed by atoms with Crippen LogP contribution in [0.3, 0.4) is 0 Å². The number of hydrogen-bond acceptors (Lipinski definition) is 6. The SMILES string of the molecule is COc1ccc(NC(=O)C(C)OC(=O)c2ccc(NC(=O)C3CC3)cc2)cc1OC. The number of carbonyl (C=O) groups excluding carboxylic acids is 3. The van der Waals surface area contributed by atoms with Crippen LogP contribution in [0.1, 0.15) is 30.1 Å². The van der Waals surface area contributed by atoms with E-state index in [1.54, 1.807) is 42.5 Å². The van der Waals surface area contributed by atoms with Crippen molar-refractivity contribution in [2.45, 2.75) is 25.9 Å². The van der Waals surface area contributed by atoms with Crippen molar-refractivity contribution in [2.24, 2.45) is 5.92 Å². The van der Waals surface area contributed by atoms with Crippen LogP contribution in [0.5, 0.6) is 11.5 Å². The minimum atomic E-state index is -1.01. The molecule has 3 rings (SSSR count). The molecule has 1 atom stereocenters. The van der Waals surface area contributed by atoms with E-state index < -0.39 is 18.0 Å². The quantitative estimate of drug-likeness (QED) is 0.646. The normalized spacial score (nSPS) is 13.7. The third-order valence-corrected chi connectivity index (χ3v) is 4.64. The number of nitrogens with one attached hydrogen (secondary N) is 2. The van der Waals surface area contributed by atoms with Crippen LogP contribution in [-0.2, 0) is 14.3 Å². The minimum Gasteiger partial charge on any atom is -0.493 e. The number of benzene rings is 2. The van der Waals surface area contributed by atoms with Crippen molar-refractivity contribution in [1.29, 1.82) is 0 Å². The van der Waals surface area contributed by atoms with Crippen molar-refractivity contribution in [2.75, 3.05) is 24.9 Å². The van der Waals surface area contributed by atoms with Gasteiger partial charge < -0.3 is 24.8 Å². The molecule has 1 unspecified atom stereocenters. The van der Waals surface area contributed by atoms with Gasteiger partial charge in [-0.2, -0.15) is 0 Å². The molecule has 0 aromatic heterocycles. The van der Waals surface area contributed by atoms with Crippen LogP contribution in [0.25, 0.3) is 0 Å². The Morgan fingerprint density at radius 1 is 0.900 bits per heavy atom.